The molecule has 0 bridgehead atoms. The molecule has 0 amide bonds. The molecule has 5 rings (SSSR count). The van der Waals surface area contributed by atoms with Gasteiger partial charge in [0.1, 0.15) is 5.65 Å². The lowest BCUT2D eigenvalue weighted by molar-refractivity contribution is 0.579. The highest BCUT2D eigenvalue weighted by atomic mass is 15.1. The summed E-state index contributed by atoms with van der Waals surface area (Å²) in [6.07, 6.45) is 9.73. The van der Waals surface area contributed by atoms with E-state index in [2.05, 4.69) is 55.5 Å². The van der Waals surface area contributed by atoms with Crippen LogP contribution in [-0.4, -0.2) is 33.3 Å². The van der Waals surface area contributed by atoms with Crippen molar-refractivity contribution < 1.29 is 0 Å². The third-order valence-electron chi connectivity index (χ3n) is 5.00. The van der Waals surface area contributed by atoms with Crippen LogP contribution in [0.3, 0.4) is 0 Å². The monoisotopic (exact) mass is 317 g/mol. The van der Waals surface area contributed by atoms with Crippen molar-refractivity contribution in [1.82, 2.24) is 20.2 Å². The maximum atomic E-state index is 4.53. The van der Waals surface area contributed by atoms with Gasteiger partial charge in [-0.3, -0.25) is 5.10 Å². The number of nitrogens with one attached hydrogen (secondary N) is 2. The number of anilines is 1. The van der Waals surface area contributed by atoms with Crippen LogP contribution in [0, 0.1) is 0 Å². The summed E-state index contributed by atoms with van der Waals surface area (Å²) in [4.78, 5) is 10.4. The molecule has 4 aromatic rings. The van der Waals surface area contributed by atoms with Gasteiger partial charge in [-0.25, -0.2) is 4.98 Å². The van der Waals surface area contributed by atoms with E-state index in [4.69, 9.17) is 0 Å². The van der Waals surface area contributed by atoms with Gasteiger partial charge >= 0.3 is 0 Å². The first-order valence-electron chi connectivity index (χ1n) is 8.55. The Kier molecular flexibility index (Phi) is 3.04. The van der Waals surface area contributed by atoms with Crippen LogP contribution in [-0.2, 0) is 0 Å². The van der Waals surface area contributed by atoms with Crippen molar-refractivity contribution in [3.8, 4) is 11.1 Å². The molecule has 0 aliphatic carbocycles. The van der Waals surface area contributed by atoms with Gasteiger partial charge in [-0.15, -0.1) is 0 Å². The molecule has 0 atom stereocenters. The number of aromatic nitrogens is 4. The molecule has 0 spiro atoms. The van der Waals surface area contributed by atoms with Gasteiger partial charge in [0, 0.05) is 47.5 Å². The van der Waals surface area contributed by atoms with Crippen molar-refractivity contribution in [3.05, 3.63) is 42.9 Å². The summed E-state index contributed by atoms with van der Waals surface area (Å²) < 4.78 is 0. The molecular formula is C19H19N5. The van der Waals surface area contributed by atoms with Crippen molar-refractivity contribution in [2.75, 3.05) is 18.0 Å². The van der Waals surface area contributed by atoms with Crippen LogP contribution in [0.5, 0.6) is 0 Å². The Labute approximate surface area is 139 Å². The summed E-state index contributed by atoms with van der Waals surface area (Å²) in [5.41, 5.74) is 5.72. The van der Waals surface area contributed by atoms with Crippen molar-refractivity contribution in [2.24, 2.45) is 0 Å². The van der Waals surface area contributed by atoms with E-state index in [1.807, 2.05) is 12.4 Å². The Bertz CT molecular complexity index is 1010. The third-order valence-corrected chi connectivity index (χ3v) is 5.00. The van der Waals surface area contributed by atoms with E-state index in [-0.39, 0.29) is 0 Å². The summed E-state index contributed by atoms with van der Waals surface area (Å²) in [6, 6.07) is 8.58. The Balaban J connectivity index is 1.70. The standard InChI is InChI=1S/C19H19N5/c1-2-8-24(9-3-1)17-6-7-20-19-18(17)15(12-21-19)13-4-5-16-14(10-13)11-22-23-16/h4-7,10-12H,1-3,8-9H2,(H,20,21)(H,22,23). The van der Waals surface area contributed by atoms with E-state index in [1.165, 1.54) is 41.5 Å². The first-order chi connectivity index (χ1) is 11.9. The van der Waals surface area contributed by atoms with Crippen LogP contribution in [0.15, 0.2) is 42.9 Å². The highest BCUT2D eigenvalue weighted by Crippen LogP contribution is 2.36. The SMILES string of the molecule is c1cc(N2CCCCC2)c2c(-c3ccc4[nH]ncc4c3)c[nH]c2n1. The average molecular weight is 317 g/mol. The van der Waals surface area contributed by atoms with Gasteiger partial charge in [0.15, 0.2) is 0 Å². The fraction of sp³-hybridized carbons (Fsp3) is 0.263. The quantitative estimate of drug-likeness (QED) is 0.585. The van der Waals surface area contributed by atoms with Crippen LogP contribution in [0.25, 0.3) is 33.1 Å². The zero-order valence-corrected chi connectivity index (χ0v) is 13.4. The lowest BCUT2D eigenvalue weighted by Gasteiger charge is -2.29. The second-order valence-electron chi connectivity index (χ2n) is 6.48. The second-order valence-corrected chi connectivity index (χ2v) is 6.48. The topological polar surface area (TPSA) is 60.6 Å². The summed E-state index contributed by atoms with van der Waals surface area (Å²) >= 11 is 0. The predicted molar refractivity (Wildman–Crippen MR) is 97.2 cm³/mol. The number of piperidine rings is 1. The zero-order chi connectivity index (χ0) is 15.9. The molecule has 0 radical (unpaired) electrons. The summed E-state index contributed by atoms with van der Waals surface area (Å²) in [5.74, 6) is 0. The fourth-order valence-electron chi connectivity index (χ4n) is 3.78. The number of hydrogen-bond acceptors (Lipinski definition) is 3. The minimum Gasteiger partial charge on any atom is -0.371 e. The van der Waals surface area contributed by atoms with Crippen LogP contribution in [0.1, 0.15) is 19.3 Å². The largest absolute Gasteiger partial charge is 0.371 e. The summed E-state index contributed by atoms with van der Waals surface area (Å²) in [5, 5.41) is 9.49. The van der Waals surface area contributed by atoms with Gasteiger partial charge in [-0.2, -0.15) is 5.10 Å². The van der Waals surface area contributed by atoms with Crippen LogP contribution in [0.2, 0.25) is 0 Å². The second kappa shape index (κ2) is 5.37. The Morgan fingerprint density at radius 1 is 1.04 bits per heavy atom. The minimum atomic E-state index is 0.959. The summed E-state index contributed by atoms with van der Waals surface area (Å²) in [6.45, 7) is 2.26. The Morgan fingerprint density at radius 3 is 2.88 bits per heavy atom. The minimum absolute atomic E-state index is 0.959. The van der Waals surface area contributed by atoms with E-state index in [9.17, 15) is 0 Å². The van der Waals surface area contributed by atoms with E-state index in [0.717, 1.165) is 29.6 Å². The van der Waals surface area contributed by atoms with Crippen LogP contribution in [0.4, 0.5) is 5.69 Å². The molecular weight excluding hydrogens is 298 g/mol. The van der Waals surface area contributed by atoms with Gasteiger partial charge in [0.05, 0.1) is 11.7 Å². The smallest absolute Gasteiger partial charge is 0.139 e. The maximum Gasteiger partial charge on any atom is 0.139 e. The molecule has 1 saturated heterocycles. The van der Waals surface area contributed by atoms with E-state index in [0.29, 0.717) is 0 Å². The van der Waals surface area contributed by atoms with E-state index >= 15 is 0 Å². The molecule has 24 heavy (non-hydrogen) atoms. The molecule has 0 unspecified atom stereocenters. The lowest BCUT2D eigenvalue weighted by atomic mass is 10.0. The zero-order valence-electron chi connectivity index (χ0n) is 13.4. The number of fused-ring (bicyclic) bond motifs is 2. The molecule has 5 heteroatoms. The molecule has 1 aliphatic heterocycles. The molecule has 4 heterocycles. The first kappa shape index (κ1) is 13.6. The molecule has 5 nitrogen and oxygen atoms in total. The van der Waals surface area contributed by atoms with Crippen molar-refractivity contribution in [2.45, 2.75) is 19.3 Å². The Hall–Kier alpha value is -2.82. The van der Waals surface area contributed by atoms with Crippen LogP contribution >= 0.6 is 0 Å². The van der Waals surface area contributed by atoms with Gasteiger partial charge in [-0.05, 0) is 43.0 Å². The fourth-order valence-corrected chi connectivity index (χ4v) is 3.78. The number of benzene rings is 1. The third kappa shape index (κ3) is 2.08. The molecule has 1 fully saturated rings. The molecule has 120 valence electrons. The lowest BCUT2D eigenvalue weighted by Crippen LogP contribution is -2.29. The first-order valence-corrected chi connectivity index (χ1v) is 8.55. The predicted octanol–water partition coefficient (Wildman–Crippen LogP) is 4.10. The number of H-pyrrole nitrogens is 2. The number of rotatable bonds is 2. The molecule has 1 aliphatic rings. The maximum absolute atomic E-state index is 4.53. The highest BCUT2D eigenvalue weighted by molar-refractivity contribution is 6.03. The molecule has 3 aromatic heterocycles. The van der Waals surface area contributed by atoms with E-state index < -0.39 is 0 Å². The molecule has 1 aromatic carbocycles. The summed E-state index contributed by atoms with van der Waals surface area (Å²) in [7, 11) is 0. The Morgan fingerprint density at radius 2 is 1.96 bits per heavy atom. The van der Waals surface area contributed by atoms with Gasteiger partial charge < -0.3 is 9.88 Å². The number of aromatic amines is 2. The number of hydrogen-bond donors (Lipinski definition) is 2. The van der Waals surface area contributed by atoms with Gasteiger partial charge in [0.2, 0.25) is 0 Å². The molecule has 2 N–H and O–H groups in total. The number of pyridine rings is 1. The van der Waals surface area contributed by atoms with Crippen molar-refractivity contribution in [1.29, 1.82) is 0 Å². The van der Waals surface area contributed by atoms with Gasteiger partial charge in [0.25, 0.3) is 0 Å². The van der Waals surface area contributed by atoms with Crippen molar-refractivity contribution in [3.63, 3.8) is 0 Å². The molecule has 0 saturated carbocycles. The van der Waals surface area contributed by atoms with Gasteiger partial charge in [-0.1, -0.05) is 6.07 Å². The van der Waals surface area contributed by atoms with Crippen molar-refractivity contribution >= 4 is 27.6 Å². The highest BCUT2D eigenvalue weighted by Gasteiger charge is 2.18. The average Bonchev–Trinajstić information content (AvgIpc) is 3.28. The number of nitrogens with zero attached hydrogens (tertiary/aromatic N) is 3. The normalized spacial score (nSPS) is 15.4. The van der Waals surface area contributed by atoms with Crippen LogP contribution < -0.4 is 4.90 Å². The van der Waals surface area contributed by atoms with E-state index in [1.54, 1.807) is 0 Å².